The maximum Gasteiger partial charge on any atom is -0.0140 e. The first-order chi connectivity index (χ1) is 12.3. The molecule has 26 heavy (non-hydrogen) atoms. The van der Waals surface area contributed by atoms with Crippen molar-refractivity contribution in [2.45, 2.75) is 80.6 Å². The summed E-state index contributed by atoms with van der Waals surface area (Å²) in [6, 6.07) is 6.98. The van der Waals surface area contributed by atoms with E-state index in [-0.39, 0.29) is 0 Å². The second-order valence-corrected chi connectivity index (χ2v) is 7.76. The molecule has 152 valence electrons. The molecule has 1 aliphatic rings. The molecule has 0 bridgehead atoms. The average molecular weight is 362 g/mol. The SMILES string of the molecule is C/C=C\C.CC.CN(C)C.Cc1ccc(CC2CCC(C)CC2)cc1C. The van der Waals surface area contributed by atoms with Gasteiger partial charge in [0.05, 0.1) is 0 Å². The Balaban J connectivity index is 0. The molecule has 1 aromatic rings. The third-order valence-corrected chi connectivity index (χ3v) is 4.56. The zero-order chi connectivity index (χ0) is 20.5. The quantitative estimate of drug-likeness (QED) is 0.494. The van der Waals surface area contributed by atoms with Crippen LogP contribution in [0.1, 0.15) is 77.0 Å². The minimum Gasteiger partial charge on any atom is -0.312 e. The van der Waals surface area contributed by atoms with Crippen molar-refractivity contribution in [2.24, 2.45) is 11.8 Å². The molecule has 1 saturated carbocycles. The van der Waals surface area contributed by atoms with Crippen LogP contribution in [0, 0.1) is 25.7 Å². The van der Waals surface area contributed by atoms with Crippen LogP contribution in [0.15, 0.2) is 30.4 Å². The lowest BCUT2D eigenvalue weighted by molar-refractivity contribution is 0.289. The highest BCUT2D eigenvalue weighted by molar-refractivity contribution is 5.30. The van der Waals surface area contributed by atoms with Gasteiger partial charge in [-0.25, -0.2) is 0 Å². The third-order valence-electron chi connectivity index (χ3n) is 4.56. The summed E-state index contributed by atoms with van der Waals surface area (Å²) in [5, 5.41) is 0. The Labute approximate surface area is 165 Å². The van der Waals surface area contributed by atoms with Crippen molar-refractivity contribution in [3.63, 3.8) is 0 Å². The third kappa shape index (κ3) is 15.2. The van der Waals surface area contributed by atoms with Gasteiger partial charge in [0.1, 0.15) is 0 Å². The van der Waals surface area contributed by atoms with Gasteiger partial charge in [0, 0.05) is 0 Å². The molecule has 0 aromatic heterocycles. The molecule has 0 amide bonds. The summed E-state index contributed by atoms with van der Waals surface area (Å²) >= 11 is 0. The molecule has 1 fully saturated rings. The number of allylic oxidation sites excluding steroid dienone is 2. The maximum absolute atomic E-state index is 2.40. The number of benzene rings is 1. The Kier molecular flexibility index (Phi) is 18.1. The summed E-state index contributed by atoms with van der Waals surface area (Å²) in [6.45, 7) is 14.8. The van der Waals surface area contributed by atoms with E-state index in [1.165, 1.54) is 43.2 Å². The maximum atomic E-state index is 2.40. The van der Waals surface area contributed by atoms with Crippen molar-refractivity contribution < 1.29 is 0 Å². The van der Waals surface area contributed by atoms with E-state index in [9.17, 15) is 0 Å². The van der Waals surface area contributed by atoms with E-state index in [2.05, 4.69) is 39.0 Å². The van der Waals surface area contributed by atoms with Gasteiger partial charge in [0.25, 0.3) is 0 Å². The smallest absolute Gasteiger partial charge is 0.0140 e. The molecule has 1 aliphatic carbocycles. The van der Waals surface area contributed by atoms with Gasteiger partial charge in [-0.2, -0.15) is 0 Å². The van der Waals surface area contributed by atoms with Crippen molar-refractivity contribution in [2.75, 3.05) is 21.1 Å². The lowest BCUT2D eigenvalue weighted by Crippen LogP contribution is -2.14. The standard InChI is InChI=1S/C16H24.C4H8.C3H9N.C2H6/c1-12-4-7-15(8-5-12)11-16-9-6-13(2)14(3)10-16;1-3-4-2;1-4(2)3;1-2/h6,9-10,12,15H,4-5,7-8,11H2,1-3H3;3-4H,1-2H3;1-3H3;1-2H3/b;4-3-;;. The Morgan fingerprint density at radius 3 is 1.73 bits per heavy atom. The van der Waals surface area contributed by atoms with Crippen LogP contribution in [0.5, 0.6) is 0 Å². The van der Waals surface area contributed by atoms with Gasteiger partial charge in [0.2, 0.25) is 0 Å². The average Bonchev–Trinajstić information content (AvgIpc) is 2.62. The summed E-state index contributed by atoms with van der Waals surface area (Å²) < 4.78 is 0. The largest absolute Gasteiger partial charge is 0.312 e. The summed E-state index contributed by atoms with van der Waals surface area (Å²) in [5.41, 5.74) is 4.41. The normalized spacial score (nSPS) is 18.9. The lowest BCUT2D eigenvalue weighted by Gasteiger charge is -2.26. The summed E-state index contributed by atoms with van der Waals surface area (Å²) in [7, 11) is 6.00. The van der Waals surface area contributed by atoms with Gasteiger partial charge < -0.3 is 4.90 Å². The molecule has 0 atom stereocenters. The Morgan fingerprint density at radius 1 is 0.885 bits per heavy atom. The second kappa shape index (κ2) is 17.3. The molecule has 0 spiro atoms. The number of rotatable bonds is 2. The zero-order valence-electron chi connectivity index (χ0n) is 19.5. The first kappa shape index (κ1) is 27.1. The van der Waals surface area contributed by atoms with Gasteiger partial charge in [0.15, 0.2) is 0 Å². The molecule has 1 nitrogen and oxygen atoms in total. The molecule has 1 aromatic carbocycles. The molecule has 1 heteroatoms. The minimum absolute atomic E-state index is 0.943. The summed E-state index contributed by atoms with van der Waals surface area (Å²) in [5.74, 6) is 1.91. The van der Waals surface area contributed by atoms with Gasteiger partial charge in [-0.1, -0.05) is 64.0 Å². The molecule has 2 rings (SSSR count). The van der Waals surface area contributed by atoms with E-state index >= 15 is 0 Å². The van der Waals surface area contributed by atoms with Crippen LogP contribution in [0.2, 0.25) is 0 Å². The predicted octanol–water partition coefficient (Wildman–Crippen LogP) is 7.46. The van der Waals surface area contributed by atoms with E-state index in [0.717, 1.165) is 11.8 Å². The first-order valence-electron chi connectivity index (χ1n) is 10.5. The van der Waals surface area contributed by atoms with Crippen molar-refractivity contribution >= 4 is 0 Å². The fraction of sp³-hybridized carbons (Fsp3) is 0.680. The molecular weight excluding hydrogens is 314 g/mol. The van der Waals surface area contributed by atoms with Crippen molar-refractivity contribution in [1.82, 2.24) is 4.90 Å². The van der Waals surface area contributed by atoms with Crippen molar-refractivity contribution in [1.29, 1.82) is 0 Å². The van der Waals surface area contributed by atoms with Gasteiger partial charge in [-0.05, 0) is 96.6 Å². The lowest BCUT2D eigenvalue weighted by atomic mass is 9.80. The van der Waals surface area contributed by atoms with E-state index in [4.69, 9.17) is 0 Å². The van der Waals surface area contributed by atoms with Gasteiger partial charge in [-0.15, -0.1) is 0 Å². The van der Waals surface area contributed by atoms with Crippen LogP contribution in [0.25, 0.3) is 0 Å². The molecule has 0 aliphatic heterocycles. The number of hydrogen-bond donors (Lipinski definition) is 0. The zero-order valence-corrected chi connectivity index (χ0v) is 19.5. The second-order valence-electron chi connectivity index (χ2n) is 7.76. The van der Waals surface area contributed by atoms with Gasteiger partial charge >= 0.3 is 0 Å². The van der Waals surface area contributed by atoms with Gasteiger partial charge in [-0.3, -0.25) is 0 Å². The van der Waals surface area contributed by atoms with Crippen molar-refractivity contribution in [3.8, 4) is 0 Å². The number of nitrogens with zero attached hydrogens (tertiary/aromatic N) is 1. The Bertz CT molecular complexity index is 444. The highest BCUT2D eigenvalue weighted by atomic mass is 15.0. The molecular formula is C25H47N. The van der Waals surface area contributed by atoms with Crippen LogP contribution in [-0.4, -0.2) is 26.0 Å². The Hall–Kier alpha value is -1.08. The van der Waals surface area contributed by atoms with Crippen LogP contribution >= 0.6 is 0 Å². The van der Waals surface area contributed by atoms with E-state index in [0.29, 0.717) is 0 Å². The summed E-state index contributed by atoms with van der Waals surface area (Å²) in [6.07, 6.45) is 11.1. The van der Waals surface area contributed by atoms with Crippen LogP contribution in [0.4, 0.5) is 0 Å². The van der Waals surface area contributed by atoms with Crippen molar-refractivity contribution in [3.05, 3.63) is 47.0 Å². The molecule has 0 saturated heterocycles. The first-order valence-corrected chi connectivity index (χ1v) is 10.5. The highest BCUT2D eigenvalue weighted by Gasteiger charge is 2.18. The predicted molar refractivity (Wildman–Crippen MR) is 122 cm³/mol. The number of aryl methyl sites for hydroxylation is 2. The fourth-order valence-electron chi connectivity index (χ4n) is 2.80. The molecule has 0 heterocycles. The van der Waals surface area contributed by atoms with E-state index < -0.39 is 0 Å². The Morgan fingerprint density at radius 2 is 1.35 bits per heavy atom. The minimum atomic E-state index is 0.943. The number of hydrogen-bond acceptors (Lipinski definition) is 1. The van der Waals surface area contributed by atoms with Crippen LogP contribution < -0.4 is 0 Å². The van der Waals surface area contributed by atoms with Crippen LogP contribution in [0.3, 0.4) is 0 Å². The monoisotopic (exact) mass is 361 g/mol. The molecule has 0 unspecified atom stereocenters. The topological polar surface area (TPSA) is 3.24 Å². The molecule has 0 N–H and O–H groups in total. The van der Waals surface area contributed by atoms with E-state index in [1.54, 1.807) is 5.56 Å². The highest BCUT2D eigenvalue weighted by Crippen LogP contribution is 2.30. The summed E-state index contributed by atoms with van der Waals surface area (Å²) in [4.78, 5) is 2.00. The van der Waals surface area contributed by atoms with Crippen LogP contribution in [-0.2, 0) is 6.42 Å². The fourth-order valence-corrected chi connectivity index (χ4v) is 2.80. The molecule has 0 radical (unpaired) electrons. The van der Waals surface area contributed by atoms with E-state index in [1.807, 2.05) is 65.9 Å².